The van der Waals surface area contributed by atoms with E-state index in [9.17, 15) is 14.4 Å². The lowest BCUT2D eigenvalue weighted by Crippen LogP contribution is -2.15. The Kier molecular flexibility index (Phi) is 21.0. The van der Waals surface area contributed by atoms with Crippen molar-refractivity contribution < 1.29 is 39.5 Å². The smallest absolute Gasteiger partial charge is 0.306 e. The number of aliphatic hydroxyl groups excluding tert-OH is 2. The van der Waals surface area contributed by atoms with Crippen LogP contribution in [0.3, 0.4) is 0 Å². The van der Waals surface area contributed by atoms with Crippen LogP contribution in [0.2, 0.25) is 0 Å². The quantitative estimate of drug-likeness (QED) is 0.453. The molecule has 150 valence electrons. The standard InChI is InChI=1S/C6H12O3.C6H12O2.C5H10O3/c1-4(6(8)9)3-5(2)7;1-3-5-8-6(7)4-2;1-4(2-3-6)5(7)8/h4-5,7H,3H2,1-2H3,(H,8,9);3-5H2,1-2H3;4,6H,2-3H2,1H3,(H,7,8). The maximum Gasteiger partial charge on any atom is 0.306 e. The summed E-state index contributed by atoms with van der Waals surface area (Å²) in [6, 6.07) is 0. The van der Waals surface area contributed by atoms with E-state index in [1.165, 1.54) is 0 Å². The number of aliphatic carboxylic acids is 2. The second-order valence-electron chi connectivity index (χ2n) is 5.65. The number of esters is 1. The molecule has 0 amide bonds. The van der Waals surface area contributed by atoms with Gasteiger partial charge in [-0.1, -0.05) is 27.7 Å². The summed E-state index contributed by atoms with van der Waals surface area (Å²) in [7, 11) is 0. The van der Waals surface area contributed by atoms with Crippen molar-refractivity contribution >= 4 is 17.9 Å². The topological polar surface area (TPSA) is 141 Å². The van der Waals surface area contributed by atoms with E-state index in [1.807, 2.05) is 6.92 Å². The van der Waals surface area contributed by atoms with Crippen LogP contribution in [0, 0.1) is 11.8 Å². The normalized spacial score (nSPS) is 13.1. The van der Waals surface area contributed by atoms with Gasteiger partial charge < -0.3 is 25.2 Å². The molecule has 3 atom stereocenters. The summed E-state index contributed by atoms with van der Waals surface area (Å²) in [6.45, 7) is 9.01. The molecule has 4 N–H and O–H groups in total. The average Bonchev–Trinajstić information content (AvgIpc) is 2.53. The molecule has 0 aliphatic carbocycles. The highest BCUT2D eigenvalue weighted by atomic mass is 16.5. The largest absolute Gasteiger partial charge is 0.481 e. The first-order chi connectivity index (χ1) is 11.5. The van der Waals surface area contributed by atoms with E-state index >= 15 is 0 Å². The minimum Gasteiger partial charge on any atom is -0.481 e. The maximum atomic E-state index is 10.3. The van der Waals surface area contributed by atoms with Crippen molar-refractivity contribution in [2.75, 3.05) is 13.2 Å². The second-order valence-corrected chi connectivity index (χ2v) is 5.65. The van der Waals surface area contributed by atoms with E-state index in [4.69, 9.17) is 25.2 Å². The first-order valence-electron chi connectivity index (χ1n) is 8.43. The maximum absolute atomic E-state index is 10.3. The molecule has 8 heteroatoms. The van der Waals surface area contributed by atoms with Gasteiger partial charge in [-0.2, -0.15) is 0 Å². The highest BCUT2D eigenvalue weighted by molar-refractivity contribution is 5.69. The number of carbonyl (C=O) groups is 3. The van der Waals surface area contributed by atoms with Gasteiger partial charge in [0.1, 0.15) is 0 Å². The van der Waals surface area contributed by atoms with Crippen molar-refractivity contribution in [3.63, 3.8) is 0 Å². The summed E-state index contributed by atoms with van der Waals surface area (Å²) in [4.78, 5) is 30.5. The van der Waals surface area contributed by atoms with Gasteiger partial charge in [0.25, 0.3) is 0 Å². The summed E-state index contributed by atoms with van der Waals surface area (Å²) in [5, 5.41) is 33.5. The van der Waals surface area contributed by atoms with Crippen molar-refractivity contribution in [2.45, 2.75) is 66.4 Å². The number of ether oxygens (including phenoxy) is 1. The molecule has 3 unspecified atom stereocenters. The first-order valence-corrected chi connectivity index (χ1v) is 8.43. The zero-order valence-corrected chi connectivity index (χ0v) is 15.9. The molecule has 0 aliphatic rings. The fraction of sp³-hybridized carbons (Fsp3) is 0.824. The van der Waals surface area contributed by atoms with Crippen LogP contribution in [0.4, 0.5) is 0 Å². The lowest BCUT2D eigenvalue weighted by atomic mass is 10.1. The van der Waals surface area contributed by atoms with Crippen LogP contribution in [0.15, 0.2) is 0 Å². The van der Waals surface area contributed by atoms with Crippen molar-refractivity contribution in [1.29, 1.82) is 0 Å². The Bertz CT molecular complexity index is 353. The SMILES string of the molecule is CC(CCO)C(=O)O.CC(O)CC(C)C(=O)O.CCCOC(=O)CC. The third-order valence-electron chi connectivity index (χ3n) is 2.86. The fourth-order valence-electron chi connectivity index (χ4n) is 1.25. The molecule has 0 aromatic carbocycles. The number of aliphatic hydroxyl groups is 2. The molecular formula is C17H34O8. The number of carboxylic acid groups (broad SMARTS) is 2. The van der Waals surface area contributed by atoms with Crippen LogP contribution in [-0.2, 0) is 19.1 Å². The molecule has 0 heterocycles. The fourth-order valence-corrected chi connectivity index (χ4v) is 1.25. The second kappa shape index (κ2) is 18.7. The minimum atomic E-state index is -0.851. The van der Waals surface area contributed by atoms with Crippen LogP contribution in [-0.4, -0.2) is 57.7 Å². The molecule has 0 aliphatic heterocycles. The summed E-state index contributed by atoms with van der Waals surface area (Å²) in [5.74, 6) is -2.66. The van der Waals surface area contributed by atoms with Gasteiger partial charge in [-0.05, 0) is 26.2 Å². The monoisotopic (exact) mass is 366 g/mol. The van der Waals surface area contributed by atoms with Crippen molar-refractivity contribution in [1.82, 2.24) is 0 Å². The Balaban J connectivity index is -0.000000291. The predicted molar refractivity (Wildman–Crippen MR) is 93.1 cm³/mol. The minimum absolute atomic E-state index is 0.0481. The zero-order chi connectivity index (χ0) is 20.4. The van der Waals surface area contributed by atoms with Crippen molar-refractivity contribution in [2.24, 2.45) is 11.8 Å². The van der Waals surface area contributed by atoms with Gasteiger partial charge in [0.15, 0.2) is 0 Å². The Morgan fingerprint density at radius 1 is 0.960 bits per heavy atom. The van der Waals surface area contributed by atoms with Crippen molar-refractivity contribution in [3.05, 3.63) is 0 Å². The van der Waals surface area contributed by atoms with Crippen LogP contribution >= 0.6 is 0 Å². The highest BCUT2D eigenvalue weighted by Gasteiger charge is 2.12. The molecule has 0 radical (unpaired) electrons. The number of carbonyl (C=O) groups excluding carboxylic acids is 1. The Morgan fingerprint density at radius 2 is 1.44 bits per heavy atom. The van der Waals surface area contributed by atoms with E-state index in [2.05, 4.69) is 0 Å². The average molecular weight is 366 g/mol. The molecule has 8 nitrogen and oxygen atoms in total. The lowest BCUT2D eigenvalue weighted by Gasteiger charge is -2.06. The Labute approximate surface area is 149 Å². The van der Waals surface area contributed by atoms with Crippen LogP contribution in [0.1, 0.15) is 60.3 Å². The van der Waals surface area contributed by atoms with E-state index in [1.54, 1.807) is 27.7 Å². The van der Waals surface area contributed by atoms with E-state index in [-0.39, 0.29) is 12.6 Å². The molecule has 0 fully saturated rings. The van der Waals surface area contributed by atoms with Gasteiger partial charge in [-0.3, -0.25) is 14.4 Å². The third kappa shape index (κ3) is 24.7. The molecule has 0 rings (SSSR count). The highest BCUT2D eigenvalue weighted by Crippen LogP contribution is 2.04. The molecule has 0 bridgehead atoms. The number of hydrogen-bond acceptors (Lipinski definition) is 6. The van der Waals surface area contributed by atoms with Gasteiger partial charge in [-0.15, -0.1) is 0 Å². The van der Waals surface area contributed by atoms with E-state index < -0.39 is 29.9 Å². The van der Waals surface area contributed by atoms with Crippen LogP contribution in [0.5, 0.6) is 0 Å². The number of hydrogen-bond donors (Lipinski definition) is 4. The Morgan fingerprint density at radius 3 is 1.64 bits per heavy atom. The van der Waals surface area contributed by atoms with Gasteiger partial charge in [0, 0.05) is 13.0 Å². The number of carboxylic acids is 2. The molecule has 0 aromatic rings. The summed E-state index contributed by atoms with van der Waals surface area (Å²) >= 11 is 0. The molecule has 0 spiro atoms. The first kappa shape index (κ1) is 28.1. The van der Waals surface area contributed by atoms with Crippen LogP contribution in [0.25, 0.3) is 0 Å². The molecule has 0 saturated heterocycles. The van der Waals surface area contributed by atoms with E-state index in [0.29, 0.717) is 25.9 Å². The molecular weight excluding hydrogens is 332 g/mol. The van der Waals surface area contributed by atoms with Crippen LogP contribution < -0.4 is 0 Å². The van der Waals surface area contributed by atoms with Gasteiger partial charge >= 0.3 is 17.9 Å². The molecule has 0 saturated carbocycles. The van der Waals surface area contributed by atoms with Gasteiger partial charge in [0.05, 0.1) is 24.5 Å². The van der Waals surface area contributed by atoms with E-state index in [0.717, 1.165) is 6.42 Å². The van der Waals surface area contributed by atoms with Gasteiger partial charge in [-0.25, -0.2) is 0 Å². The summed E-state index contributed by atoms with van der Waals surface area (Å²) in [5.41, 5.74) is 0. The lowest BCUT2D eigenvalue weighted by molar-refractivity contribution is -0.143. The zero-order valence-electron chi connectivity index (χ0n) is 15.9. The van der Waals surface area contributed by atoms with Crippen molar-refractivity contribution in [3.8, 4) is 0 Å². The predicted octanol–water partition coefficient (Wildman–Crippen LogP) is 1.92. The Hall–Kier alpha value is -1.67. The number of rotatable bonds is 9. The van der Waals surface area contributed by atoms with Gasteiger partial charge in [0.2, 0.25) is 0 Å². The molecule has 25 heavy (non-hydrogen) atoms. The molecule has 0 aromatic heterocycles. The summed E-state index contributed by atoms with van der Waals surface area (Å²) in [6.07, 6.45) is 1.55. The summed E-state index contributed by atoms with van der Waals surface area (Å²) < 4.78 is 4.70. The third-order valence-corrected chi connectivity index (χ3v) is 2.86.